The van der Waals surface area contributed by atoms with Crippen LogP contribution in [-0.2, 0) is 6.54 Å². The molecule has 0 aliphatic rings. The van der Waals surface area contributed by atoms with Crippen molar-refractivity contribution in [3.05, 3.63) is 57.8 Å². The summed E-state index contributed by atoms with van der Waals surface area (Å²) in [6.45, 7) is 4.22. The summed E-state index contributed by atoms with van der Waals surface area (Å²) in [5.41, 5.74) is 2.51. The van der Waals surface area contributed by atoms with Crippen LogP contribution >= 0.6 is 35.3 Å². The van der Waals surface area contributed by atoms with E-state index in [1.165, 1.54) is 22.5 Å². The fourth-order valence-corrected chi connectivity index (χ4v) is 2.84. The zero-order chi connectivity index (χ0) is 17.2. The second-order valence-corrected chi connectivity index (χ2v) is 6.31. The van der Waals surface area contributed by atoms with Crippen LogP contribution in [0.15, 0.2) is 46.8 Å². The van der Waals surface area contributed by atoms with E-state index in [1.807, 2.05) is 29.6 Å². The number of hydrogen-bond acceptors (Lipinski definition) is 3. The molecule has 25 heavy (non-hydrogen) atoms. The molecule has 0 unspecified atom stereocenters. The van der Waals surface area contributed by atoms with Crippen LogP contribution in [0.3, 0.4) is 0 Å². The van der Waals surface area contributed by atoms with E-state index in [-0.39, 0.29) is 29.9 Å². The highest BCUT2D eigenvalue weighted by atomic mass is 127. The first kappa shape index (κ1) is 21.4. The predicted octanol–water partition coefficient (Wildman–Crippen LogP) is 3.16. The maximum absolute atomic E-state index is 11.8. The number of nitrogens with one attached hydrogen (secondary N) is 3. The van der Waals surface area contributed by atoms with Crippen molar-refractivity contribution >= 4 is 47.2 Å². The van der Waals surface area contributed by atoms with E-state index in [0.29, 0.717) is 6.54 Å². The number of benzene rings is 1. The van der Waals surface area contributed by atoms with Gasteiger partial charge in [0.2, 0.25) is 0 Å². The Morgan fingerprint density at radius 3 is 2.52 bits per heavy atom. The number of carbonyl (C=O) groups is 1. The number of thiophene rings is 1. The number of aliphatic imine (C=N–C) groups is 1. The fourth-order valence-electron chi connectivity index (χ4n) is 2.20. The maximum Gasteiger partial charge on any atom is 0.261 e. The lowest BCUT2D eigenvalue weighted by atomic mass is 10.1. The molecule has 7 heteroatoms. The second kappa shape index (κ2) is 11.9. The lowest BCUT2D eigenvalue weighted by Gasteiger charge is -2.13. The third-order valence-corrected chi connectivity index (χ3v) is 4.48. The van der Waals surface area contributed by atoms with Crippen molar-refractivity contribution < 1.29 is 4.79 Å². The number of amides is 1. The number of nitrogens with zero attached hydrogens (tertiary/aromatic N) is 1. The zero-order valence-electron chi connectivity index (χ0n) is 14.5. The molecule has 0 aliphatic heterocycles. The Hall–Kier alpha value is -1.61. The van der Waals surface area contributed by atoms with Crippen LogP contribution in [-0.4, -0.2) is 32.0 Å². The molecule has 0 fully saturated rings. The molecule has 1 aromatic carbocycles. The number of aryl methyl sites for hydroxylation is 1. The van der Waals surface area contributed by atoms with Gasteiger partial charge in [-0.05, 0) is 35.9 Å². The molecule has 0 saturated carbocycles. The van der Waals surface area contributed by atoms with Crippen molar-refractivity contribution in [2.24, 2.45) is 4.99 Å². The summed E-state index contributed by atoms with van der Waals surface area (Å²) in [5, 5.41) is 11.4. The van der Waals surface area contributed by atoms with Crippen LogP contribution in [0, 0.1) is 6.92 Å². The zero-order valence-corrected chi connectivity index (χ0v) is 17.7. The van der Waals surface area contributed by atoms with Gasteiger partial charge < -0.3 is 16.0 Å². The topological polar surface area (TPSA) is 65.5 Å². The van der Waals surface area contributed by atoms with Gasteiger partial charge in [-0.3, -0.25) is 9.79 Å². The average Bonchev–Trinajstić information content (AvgIpc) is 3.13. The lowest BCUT2D eigenvalue weighted by Crippen LogP contribution is -2.38. The Labute approximate surface area is 170 Å². The molecule has 0 spiro atoms. The van der Waals surface area contributed by atoms with Crippen molar-refractivity contribution in [2.75, 3.05) is 20.1 Å². The first-order chi connectivity index (χ1) is 11.7. The van der Waals surface area contributed by atoms with Crippen LogP contribution in [0.5, 0.6) is 0 Å². The van der Waals surface area contributed by atoms with Crippen LogP contribution < -0.4 is 16.0 Å². The second-order valence-electron chi connectivity index (χ2n) is 5.37. The maximum atomic E-state index is 11.8. The molecular formula is C18H25IN4OS. The normalized spacial score (nSPS) is 10.7. The number of carbonyl (C=O) groups excluding carboxylic acids is 1. The van der Waals surface area contributed by atoms with E-state index in [0.717, 1.165) is 30.3 Å². The van der Waals surface area contributed by atoms with E-state index >= 15 is 0 Å². The van der Waals surface area contributed by atoms with Gasteiger partial charge in [0.05, 0.1) is 4.88 Å². The third-order valence-electron chi connectivity index (χ3n) is 3.61. The van der Waals surface area contributed by atoms with Crippen LogP contribution in [0.25, 0.3) is 0 Å². The first-order valence-electron chi connectivity index (χ1n) is 8.01. The van der Waals surface area contributed by atoms with E-state index in [4.69, 9.17) is 0 Å². The minimum Gasteiger partial charge on any atom is -0.356 e. The van der Waals surface area contributed by atoms with Crippen molar-refractivity contribution in [2.45, 2.75) is 19.9 Å². The first-order valence-corrected chi connectivity index (χ1v) is 8.89. The number of hydrogen-bond donors (Lipinski definition) is 3. The SMILES string of the molecule is CN=C(NCCCNC(=O)c1cccs1)NCc1ccccc1C.I. The van der Waals surface area contributed by atoms with E-state index in [2.05, 4.69) is 40.0 Å². The van der Waals surface area contributed by atoms with Gasteiger partial charge in [-0.2, -0.15) is 0 Å². The Morgan fingerprint density at radius 2 is 1.84 bits per heavy atom. The van der Waals surface area contributed by atoms with Gasteiger partial charge in [-0.1, -0.05) is 30.3 Å². The molecule has 3 N–H and O–H groups in total. The smallest absolute Gasteiger partial charge is 0.261 e. The van der Waals surface area contributed by atoms with Gasteiger partial charge in [0.1, 0.15) is 0 Å². The molecular weight excluding hydrogens is 447 g/mol. The predicted molar refractivity (Wildman–Crippen MR) is 116 cm³/mol. The highest BCUT2D eigenvalue weighted by Crippen LogP contribution is 2.07. The molecule has 1 heterocycles. The Kier molecular flexibility index (Phi) is 10.2. The summed E-state index contributed by atoms with van der Waals surface area (Å²) in [5.74, 6) is 0.759. The van der Waals surface area contributed by atoms with Crippen molar-refractivity contribution in [1.29, 1.82) is 0 Å². The number of halogens is 1. The molecule has 1 aromatic heterocycles. The molecule has 2 rings (SSSR count). The molecule has 0 saturated heterocycles. The van der Waals surface area contributed by atoms with Gasteiger partial charge >= 0.3 is 0 Å². The summed E-state index contributed by atoms with van der Waals surface area (Å²) in [7, 11) is 1.76. The minimum absolute atomic E-state index is 0. The third kappa shape index (κ3) is 7.43. The summed E-state index contributed by atoms with van der Waals surface area (Å²) in [6.07, 6.45) is 0.835. The fraction of sp³-hybridized carbons (Fsp3) is 0.333. The van der Waals surface area contributed by atoms with E-state index < -0.39 is 0 Å². The van der Waals surface area contributed by atoms with Crippen LogP contribution in [0.4, 0.5) is 0 Å². The Bertz CT molecular complexity index is 673. The van der Waals surface area contributed by atoms with Gasteiger partial charge in [-0.15, -0.1) is 35.3 Å². The van der Waals surface area contributed by atoms with Crippen molar-refractivity contribution in [3.8, 4) is 0 Å². The van der Waals surface area contributed by atoms with Crippen molar-refractivity contribution in [1.82, 2.24) is 16.0 Å². The summed E-state index contributed by atoms with van der Waals surface area (Å²) in [6, 6.07) is 12.0. The average molecular weight is 472 g/mol. The Balaban J connectivity index is 0.00000312. The highest BCUT2D eigenvalue weighted by Gasteiger charge is 2.05. The van der Waals surface area contributed by atoms with Gasteiger partial charge in [-0.25, -0.2) is 0 Å². The quantitative estimate of drug-likeness (QED) is 0.251. The Morgan fingerprint density at radius 1 is 1.08 bits per heavy atom. The van der Waals surface area contributed by atoms with Gasteiger partial charge in [0.15, 0.2) is 5.96 Å². The van der Waals surface area contributed by atoms with Crippen LogP contribution in [0.2, 0.25) is 0 Å². The van der Waals surface area contributed by atoms with E-state index in [1.54, 1.807) is 7.05 Å². The standard InChI is InChI=1S/C18H24N4OS.HI/c1-14-7-3-4-8-15(14)13-22-18(19-2)21-11-6-10-20-17(23)16-9-5-12-24-16;/h3-5,7-9,12H,6,10-11,13H2,1-2H3,(H,20,23)(H2,19,21,22);1H. The number of guanidine groups is 1. The summed E-state index contributed by atoms with van der Waals surface area (Å²) < 4.78 is 0. The molecule has 0 radical (unpaired) electrons. The van der Waals surface area contributed by atoms with Gasteiger partial charge in [0.25, 0.3) is 5.91 Å². The largest absolute Gasteiger partial charge is 0.356 e. The lowest BCUT2D eigenvalue weighted by molar-refractivity contribution is 0.0957. The van der Waals surface area contributed by atoms with Gasteiger partial charge in [0, 0.05) is 26.7 Å². The molecule has 136 valence electrons. The number of rotatable bonds is 7. The minimum atomic E-state index is -0.00735. The highest BCUT2D eigenvalue weighted by molar-refractivity contribution is 14.0. The summed E-state index contributed by atoms with van der Waals surface area (Å²) >= 11 is 1.45. The molecule has 2 aromatic rings. The monoisotopic (exact) mass is 472 g/mol. The molecule has 1 amide bonds. The van der Waals surface area contributed by atoms with Crippen LogP contribution in [0.1, 0.15) is 27.2 Å². The van der Waals surface area contributed by atoms with Crippen molar-refractivity contribution in [3.63, 3.8) is 0 Å². The molecule has 5 nitrogen and oxygen atoms in total. The summed E-state index contributed by atoms with van der Waals surface area (Å²) in [4.78, 5) is 16.8. The molecule has 0 bridgehead atoms. The van der Waals surface area contributed by atoms with E-state index in [9.17, 15) is 4.79 Å². The molecule has 0 aliphatic carbocycles. The molecule has 0 atom stereocenters.